The van der Waals surface area contributed by atoms with Gasteiger partial charge in [-0.2, -0.15) is 0 Å². The van der Waals surface area contributed by atoms with Gasteiger partial charge >= 0.3 is 5.97 Å². The van der Waals surface area contributed by atoms with E-state index in [1.54, 1.807) is 0 Å². The van der Waals surface area contributed by atoms with Gasteiger partial charge in [-0.1, -0.05) is 48.5 Å². The molecule has 0 heterocycles. The van der Waals surface area contributed by atoms with Gasteiger partial charge in [0.1, 0.15) is 0 Å². The maximum Gasteiger partial charge on any atom is 0.310 e. The lowest BCUT2D eigenvalue weighted by atomic mass is 9.59. The Morgan fingerprint density at radius 1 is 1.04 bits per heavy atom. The van der Waals surface area contributed by atoms with Crippen LogP contribution in [0.25, 0.3) is 0 Å². The zero-order valence-corrected chi connectivity index (χ0v) is 13.3. The van der Waals surface area contributed by atoms with Crippen LogP contribution in [0.15, 0.2) is 48.5 Å². The number of ether oxygens (including phenoxy) is 1. The second-order valence-electron chi connectivity index (χ2n) is 6.81. The number of carbonyl (C=O) groups is 1. The Labute approximate surface area is 139 Å². The smallest absolute Gasteiger partial charge is 0.310 e. The molecule has 2 aromatic rings. The van der Waals surface area contributed by atoms with E-state index in [0.29, 0.717) is 6.42 Å². The molecular formula is C20H18F2O2. The highest BCUT2D eigenvalue weighted by Crippen LogP contribution is 2.55. The summed E-state index contributed by atoms with van der Waals surface area (Å²) in [5.74, 6) is -3.90. The SMILES string of the molecule is CC(F)(F)COC(=O)C1CC2c3ccccc3C1c1ccccc12. The van der Waals surface area contributed by atoms with Gasteiger partial charge in [-0.15, -0.1) is 0 Å². The monoisotopic (exact) mass is 328 g/mol. The molecule has 3 aliphatic carbocycles. The average Bonchev–Trinajstić information content (AvgIpc) is 2.59. The highest BCUT2D eigenvalue weighted by atomic mass is 19.3. The molecule has 1 unspecified atom stereocenters. The normalized spacial score (nSPS) is 24.2. The van der Waals surface area contributed by atoms with E-state index in [-0.39, 0.29) is 11.8 Å². The molecule has 0 aromatic heterocycles. The van der Waals surface area contributed by atoms with E-state index < -0.39 is 24.4 Å². The number of carbonyl (C=O) groups excluding carboxylic acids is 1. The fourth-order valence-electron chi connectivity index (χ4n) is 4.17. The fraction of sp³-hybridized carbons (Fsp3) is 0.350. The highest BCUT2D eigenvalue weighted by Gasteiger charge is 2.46. The van der Waals surface area contributed by atoms with Crippen molar-refractivity contribution in [3.63, 3.8) is 0 Å². The van der Waals surface area contributed by atoms with E-state index in [0.717, 1.165) is 18.1 Å². The molecule has 0 radical (unpaired) electrons. The lowest BCUT2D eigenvalue weighted by Crippen LogP contribution is -2.38. The molecule has 124 valence electrons. The summed E-state index contributed by atoms with van der Waals surface area (Å²) in [5.41, 5.74) is 4.73. The standard InChI is InChI=1S/C20H18F2O2/c1-20(21,22)11-24-19(23)17-10-16-12-6-2-4-8-14(12)18(17)15-9-5-3-7-13(15)16/h2-9,16-18H,10-11H2,1H3. The number of benzene rings is 2. The summed E-state index contributed by atoms with van der Waals surface area (Å²) >= 11 is 0. The summed E-state index contributed by atoms with van der Waals surface area (Å²) in [6, 6.07) is 16.2. The summed E-state index contributed by atoms with van der Waals surface area (Å²) in [6.07, 6.45) is 0.618. The molecular weight excluding hydrogens is 310 g/mol. The largest absolute Gasteiger partial charge is 0.459 e. The Kier molecular flexibility index (Phi) is 3.44. The molecule has 24 heavy (non-hydrogen) atoms. The van der Waals surface area contributed by atoms with Crippen molar-refractivity contribution in [1.82, 2.24) is 0 Å². The minimum absolute atomic E-state index is 0.111. The molecule has 0 amide bonds. The Morgan fingerprint density at radius 3 is 2.04 bits per heavy atom. The van der Waals surface area contributed by atoms with Crippen LogP contribution < -0.4 is 0 Å². The van der Waals surface area contributed by atoms with Gasteiger partial charge in [0.15, 0.2) is 6.61 Å². The maximum absolute atomic E-state index is 13.0. The number of rotatable bonds is 3. The molecule has 0 saturated heterocycles. The van der Waals surface area contributed by atoms with Gasteiger partial charge in [0.05, 0.1) is 5.92 Å². The first-order chi connectivity index (χ1) is 11.5. The minimum atomic E-state index is -3.00. The minimum Gasteiger partial charge on any atom is -0.459 e. The van der Waals surface area contributed by atoms with Crippen molar-refractivity contribution in [2.45, 2.75) is 31.1 Å². The van der Waals surface area contributed by atoms with E-state index in [9.17, 15) is 13.6 Å². The summed E-state index contributed by atoms with van der Waals surface area (Å²) in [5, 5.41) is 0. The van der Waals surface area contributed by atoms with Gasteiger partial charge in [0.25, 0.3) is 5.92 Å². The first kappa shape index (κ1) is 15.3. The quantitative estimate of drug-likeness (QED) is 0.777. The Balaban J connectivity index is 1.72. The van der Waals surface area contributed by atoms with Crippen molar-refractivity contribution in [2.75, 3.05) is 6.61 Å². The van der Waals surface area contributed by atoms with Gasteiger partial charge in [0, 0.05) is 18.8 Å². The number of alkyl halides is 2. The fourth-order valence-corrected chi connectivity index (χ4v) is 4.17. The molecule has 2 aromatic carbocycles. The zero-order valence-electron chi connectivity index (χ0n) is 13.3. The third kappa shape index (κ3) is 2.41. The zero-order chi connectivity index (χ0) is 16.9. The van der Waals surface area contributed by atoms with Crippen LogP contribution in [0, 0.1) is 5.92 Å². The van der Waals surface area contributed by atoms with E-state index in [1.807, 2.05) is 36.4 Å². The van der Waals surface area contributed by atoms with Crippen LogP contribution in [0.5, 0.6) is 0 Å². The van der Waals surface area contributed by atoms with Crippen LogP contribution in [0.2, 0.25) is 0 Å². The van der Waals surface area contributed by atoms with Crippen molar-refractivity contribution in [3.8, 4) is 0 Å². The van der Waals surface area contributed by atoms with E-state index in [4.69, 9.17) is 4.74 Å². The molecule has 2 bridgehead atoms. The van der Waals surface area contributed by atoms with Gasteiger partial charge in [-0.3, -0.25) is 4.79 Å². The molecule has 1 atom stereocenters. The van der Waals surface area contributed by atoms with E-state index in [2.05, 4.69) is 12.1 Å². The van der Waals surface area contributed by atoms with E-state index in [1.165, 1.54) is 11.1 Å². The van der Waals surface area contributed by atoms with Crippen molar-refractivity contribution in [2.24, 2.45) is 5.92 Å². The lowest BCUT2D eigenvalue weighted by molar-refractivity contribution is -0.159. The molecule has 0 aliphatic heterocycles. The number of hydrogen-bond donors (Lipinski definition) is 0. The van der Waals surface area contributed by atoms with Crippen LogP contribution in [-0.2, 0) is 9.53 Å². The van der Waals surface area contributed by atoms with Gasteiger partial charge in [-0.25, -0.2) is 8.78 Å². The van der Waals surface area contributed by atoms with Crippen molar-refractivity contribution in [1.29, 1.82) is 0 Å². The van der Waals surface area contributed by atoms with Crippen LogP contribution in [-0.4, -0.2) is 18.5 Å². The second-order valence-corrected chi connectivity index (χ2v) is 6.81. The average molecular weight is 328 g/mol. The molecule has 5 rings (SSSR count). The molecule has 2 nitrogen and oxygen atoms in total. The first-order valence-corrected chi connectivity index (χ1v) is 8.18. The van der Waals surface area contributed by atoms with Crippen LogP contribution in [0.3, 0.4) is 0 Å². The summed E-state index contributed by atoms with van der Waals surface area (Å²) < 4.78 is 31.0. The number of esters is 1. The summed E-state index contributed by atoms with van der Waals surface area (Å²) in [4.78, 5) is 12.5. The highest BCUT2D eigenvalue weighted by molar-refractivity contribution is 5.77. The second kappa shape index (κ2) is 5.40. The number of fused-ring (bicyclic) bond motifs is 1. The van der Waals surface area contributed by atoms with Gasteiger partial charge in [0.2, 0.25) is 0 Å². The summed E-state index contributed by atoms with van der Waals surface area (Å²) in [7, 11) is 0. The predicted molar refractivity (Wildman–Crippen MR) is 86.3 cm³/mol. The van der Waals surface area contributed by atoms with Gasteiger partial charge in [-0.05, 0) is 28.7 Å². The third-order valence-corrected chi connectivity index (χ3v) is 5.08. The van der Waals surface area contributed by atoms with Crippen molar-refractivity contribution >= 4 is 5.97 Å². The van der Waals surface area contributed by atoms with Crippen LogP contribution >= 0.6 is 0 Å². The Hall–Kier alpha value is -2.23. The Morgan fingerprint density at radius 2 is 1.54 bits per heavy atom. The number of halogens is 2. The molecule has 3 aliphatic rings. The molecule has 4 heteroatoms. The molecule has 0 saturated carbocycles. The maximum atomic E-state index is 13.0. The van der Waals surface area contributed by atoms with Crippen molar-refractivity contribution in [3.05, 3.63) is 70.8 Å². The summed E-state index contributed by atoms with van der Waals surface area (Å²) in [6.45, 7) is -0.0963. The molecule has 0 spiro atoms. The van der Waals surface area contributed by atoms with Crippen LogP contribution in [0.1, 0.15) is 47.4 Å². The van der Waals surface area contributed by atoms with Crippen molar-refractivity contribution < 1.29 is 18.3 Å². The third-order valence-electron chi connectivity index (χ3n) is 5.08. The Bertz CT molecular complexity index is 747. The predicted octanol–water partition coefficient (Wildman–Crippen LogP) is 4.48. The number of hydrogen-bond acceptors (Lipinski definition) is 2. The molecule has 0 fully saturated rings. The topological polar surface area (TPSA) is 26.3 Å². The van der Waals surface area contributed by atoms with E-state index >= 15 is 0 Å². The molecule has 0 N–H and O–H groups in total. The lowest BCUT2D eigenvalue weighted by Gasteiger charge is -2.44. The van der Waals surface area contributed by atoms with Gasteiger partial charge < -0.3 is 4.74 Å². The van der Waals surface area contributed by atoms with Crippen LogP contribution in [0.4, 0.5) is 8.78 Å². The first-order valence-electron chi connectivity index (χ1n) is 8.18.